The number of halogens is 1. The van der Waals surface area contributed by atoms with Gasteiger partial charge >= 0.3 is 0 Å². The van der Waals surface area contributed by atoms with Crippen LogP contribution in [0.3, 0.4) is 0 Å². The highest BCUT2D eigenvalue weighted by molar-refractivity contribution is 7.92. The molecule has 0 amide bonds. The lowest BCUT2D eigenvalue weighted by molar-refractivity contribution is -0.384. The lowest BCUT2D eigenvalue weighted by Gasteiger charge is -2.09. The number of nitro benzene ring substituents is 1. The van der Waals surface area contributed by atoms with Gasteiger partial charge in [-0.25, -0.2) is 8.42 Å². The average Bonchev–Trinajstić information content (AvgIpc) is 2.75. The zero-order valence-electron chi connectivity index (χ0n) is 15.7. The third kappa shape index (κ3) is 5.57. The molecule has 11 heteroatoms. The second-order valence-electron chi connectivity index (χ2n) is 6.15. The number of hydrogen-bond donors (Lipinski definition) is 2. The first-order valence-corrected chi connectivity index (χ1v) is 10.5. The highest BCUT2D eigenvalue weighted by Gasteiger charge is 2.21. The Bertz CT molecular complexity index is 1280. The molecular weight excluding hydrogens is 442 g/mol. The van der Waals surface area contributed by atoms with E-state index in [1.807, 2.05) is 6.07 Å². The number of sulfonamides is 1. The zero-order valence-corrected chi connectivity index (χ0v) is 17.3. The molecule has 31 heavy (non-hydrogen) atoms. The Balaban J connectivity index is 1.81. The first kappa shape index (κ1) is 21.8. The van der Waals surface area contributed by atoms with Crippen molar-refractivity contribution in [3.63, 3.8) is 0 Å². The minimum Gasteiger partial charge on any atom is -0.280 e. The minimum atomic E-state index is -4.06. The van der Waals surface area contributed by atoms with Crippen molar-refractivity contribution in [3.05, 3.63) is 93.0 Å². The summed E-state index contributed by atoms with van der Waals surface area (Å²) in [5, 5.41) is 24.6. The number of benzene rings is 3. The normalized spacial score (nSPS) is 11.1. The van der Waals surface area contributed by atoms with Gasteiger partial charge in [-0.15, -0.1) is 0 Å². The van der Waals surface area contributed by atoms with Crippen LogP contribution in [0.1, 0.15) is 11.1 Å². The molecule has 0 unspecified atom stereocenters. The van der Waals surface area contributed by atoms with Crippen molar-refractivity contribution >= 4 is 44.9 Å². The van der Waals surface area contributed by atoms with Crippen molar-refractivity contribution in [1.82, 2.24) is 0 Å². The average molecular weight is 456 g/mol. The topological polar surface area (TPSA) is 137 Å². The highest BCUT2D eigenvalue weighted by atomic mass is 35.5. The van der Waals surface area contributed by atoms with Gasteiger partial charge in [-0.2, -0.15) is 10.4 Å². The van der Waals surface area contributed by atoms with Crippen molar-refractivity contribution in [2.45, 2.75) is 4.90 Å². The number of nitriles is 1. The molecule has 156 valence electrons. The van der Waals surface area contributed by atoms with E-state index in [4.69, 9.17) is 16.9 Å². The highest BCUT2D eigenvalue weighted by Crippen LogP contribution is 2.28. The van der Waals surface area contributed by atoms with Gasteiger partial charge in [0.1, 0.15) is 5.69 Å². The Morgan fingerprint density at radius 3 is 2.35 bits per heavy atom. The molecule has 0 aliphatic rings. The van der Waals surface area contributed by atoms with E-state index in [-0.39, 0.29) is 16.3 Å². The minimum absolute atomic E-state index is 0.0142. The standard InChI is InChI=1S/C20H14ClN5O4S/c21-16-5-7-17(8-6-16)25-31(29,30)18-9-10-19(20(11-18)26(27)28)24-23-13-15-3-1-14(12-22)2-4-15/h1-11,13,24-25H/b23-13+. The summed E-state index contributed by atoms with van der Waals surface area (Å²) in [5.41, 5.74) is 3.51. The quantitative estimate of drug-likeness (QED) is 0.308. The van der Waals surface area contributed by atoms with Gasteiger partial charge in [-0.3, -0.25) is 20.3 Å². The van der Waals surface area contributed by atoms with Crippen LogP contribution >= 0.6 is 11.6 Å². The molecule has 0 spiro atoms. The van der Waals surface area contributed by atoms with Crippen LogP contribution in [-0.2, 0) is 10.0 Å². The molecule has 0 atom stereocenters. The van der Waals surface area contributed by atoms with E-state index in [0.29, 0.717) is 16.1 Å². The maximum Gasteiger partial charge on any atom is 0.295 e. The van der Waals surface area contributed by atoms with Gasteiger partial charge in [0.25, 0.3) is 15.7 Å². The zero-order chi connectivity index (χ0) is 22.4. The molecule has 3 rings (SSSR count). The summed E-state index contributed by atoms with van der Waals surface area (Å²) < 4.78 is 27.5. The summed E-state index contributed by atoms with van der Waals surface area (Å²) in [7, 11) is -4.06. The van der Waals surface area contributed by atoms with Gasteiger partial charge in [0.2, 0.25) is 0 Å². The monoisotopic (exact) mass is 455 g/mol. The Morgan fingerprint density at radius 1 is 1.06 bits per heavy atom. The summed E-state index contributed by atoms with van der Waals surface area (Å²) in [4.78, 5) is 10.5. The third-order valence-electron chi connectivity index (χ3n) is 4.01. The molecule has 2 N–H and O–H groups in total. The summed E-state index contributed by atoms with van der Waals surface area (Å²) >= 11 is 5.78. The molecule has 0 heterocycles. The van der Waals surface area contributed by atoms with Crippen LogP contribution < -0.4 is 10.1 Å². The van der Waals surface area contributed by atoms with E-state index in [1.54, 1.807) is 24.3 Å². The van der Waals surface area contributed by atoms with Gasteiger partial charge in [0.15, 0.2) is 0 Å². The van der Waals surface area contributed by atoms with E-state index in [1.165, 1.54) is 42.6 Å². The fraction of sp³-hybridized carbons (Fsp3) is 0. The lowest BCUT2D eigenvalue weighted by atomic mass is 10.2. The maximum atomic E-state index is 12.6. The van der Waals surface area contributed by atoms with Crippen LogP contribution in [0.2, 0.25) is 5.02 Å². The molecule has 0 aliphatic heterocycles. The van der Waals surface area contributed by atoms with E-state index >= 15 is 0 Å². The fourth-order valence-electron chi connectivity index (χ4n) is 2.48. The predicted molar refractivity (Wildman–Crippen MR) is 118 cm³/mol. The SMILES string of the molecule is N#Cc1ccc(/C=N/Nc2ccc(S(=O)(=O)Nc3ccc(Cl)cc3)cc2[N+](=O)[O-])cc1. The summed E-state index contributed by atoms with van der Waals surface area (Å²) in [6, 6.07) is 17.9. The van der Waals surface area contributed by atoms with Crippen LogP contribution in [-0.4, -0.2) is 19.6 Å². The summed E-state index contributed by atoms with van der Waals surface area (Å²) in [5.74, 6) is 0. The summed E-state index contributed by atoms with van der Waals surface area (Å²) in [6.07, 6.45) is 1.41. The van der Waals surface area contributed by atoms with Crippen LogP contribution in [0.4, 0.5) is 17.1 Å². The predicted octanol–water partition coefficient (Wildman–Crippen LogP) is 4.37. The molecule has 0 saturated carbocycles. The number of nitro groups is 1. The van der Waals surface area contributed by atoms with Gasteiger partial charge in [-0.1, -0.05) is 23.7 Å². The van der Waals surface area contributed by atoms with E-state index in [0.717, 1.165) is 6.07 Å². The number of nitrogens with one attached hydrogen (secondary N) is 2. The molecule has 0 radical (unpaired) electrons. The van der Waals surface area contributed by atoms with Crippen molar-refractivity contribution in [2.75, 3.05) is 10.1 Å². The lowest BCUT2D eigenvalue weighted by Crippen LogP contribution is -2.13. The fourth-order valence-corrected chi connectivity index (χ4v) is 3.68. The Morgan fingerprint density at radius 2 is 1.74 bits per heavy atom. The Kier molecular flexibility index (Phi) is 6.49. The third-order valence-corrected chi connectivity index (χ3v) is 5.64. The van der Waals surface area contributed by atoms with Gasteiger partial charge in [-0.05, 0) is 54.1 Å². The number of anilines is 2. The molecule has 0 bridgehead atoms. The largest absolute Gasteiger partial charge is 0.295 e. The van der Waals surface area contributed by atoms with E-state index in [9.17, 15) is 18.5 Å². The Labute approximate surface area is 182 Å². The first-order chi connectivity index (χ1) is 14.8. The van der Waals surface area contributed by atoms with Crippen LogP contribution in [0.5, 0.6) is 0 Å². The summed E-state index contributed by atoms with van der Waals surface area (Å²) in [6.45, 7) is 0. The molecule has 0 aromatic heterocycles. The second kappa shape index (κ2) is 9.25. The number of rotatable bonds is 7. The number of hydrazone groups is 1. The van der Waals surface area contributed by atoms with Gasteiger partial charge < -0.3 is 0 Å². The van der Waals surface area contributed by atoms with Gasteiger partial charge in [0, 0.05) is 16.8 Å². The second-order valence-corrected chi connectivity index (χ2v) is 8.27. The number of hydrogen-bond acceptors (Lipinski definition) is 7. The van der Waals surface area contributed by atoms with E-state index < -0.39 is 20.6 Å². The first-order valence-electron chi connectivity index (χ1n) is 8.64. The van der Waals surface area contributed by atoms with Crippen LogP contribution in [0, 0.1) is 21.4 Å². The number of nitrogens with zero attached hydrogens (tertiary/aromatic N) is 3. The van der Waals surface area contributed by atoms with Crippen LogP contribution in [0.25, 0.3) is 0 Å². The van der Waals surface area contributed by atoms with Crippen molar-refractivity contribution in [2.24, 2.45) is 5.10 Å². The van der Waals surface area contributed by atoms with Crippen molar-refractivity contribution in [3.8, 4) is 6.07 Å². The molecule has 0 aliphatic carbocycles. The van der Waals surface area contributed by atoms with Crippen molar-refractivity contribution in [1.29, 1.82) is 5.26 Å². The molecule has 9 nitrogen and oxygen atoms in total. The molecule has 3 aromatic rings. The smallest absolute Gasteiger partial charge is 0.280 e. The maximum absolute atomic E-state index is 12.6. The van der Waals surface area contributed by atoms with E-state index in [2.05, 4.69) is 15.2 Å². The Hall–Kier alpha value is -3.94. The van der Waals surface area contributed by atoms with Crippen molar-refractivity contribution < 1.29 is 13.3 Å². The molecule has 0 saturated heterocycles. The van der Waals surface area contributed by atoms with Crippen LogP contribution in [0.15, 0.2) is 76.7 Å². The molecular formula is C20H14ClN5O4S. The molecule has 3 aromatic carbocycles. The van der Waals surface area contributed by atoms with Gasteiger partial charge in [0.05, 0.1) is 27.7 Å². The molecule has 0 fully saturated rings.